The van der Waals surface area contributed by atoms with E-state index in [1.54, 1.807) is 4.68 Å². The van der Waals surface area contributed by atoms with Crippen molar-refractivity contribution < 1.29 is 9.18 Å². The maximum Gasteiger partial charge on any atom is 0.209 e. The highest BCUT2D eigenvalue weighted by Gasteiger charge is 2.11. The molecule has 1 aromatic carbocycles. The van der Waals surface area contributed by atoms with Gasteiger partial charge in [0, 0.05) is 17.7 Å². The molecular formula is C13H15FN4OS. The summed E-state index contributed by atoms with van der Waals surface area (Å²) in [5, 5.41) is 12.1. The molecule has 0 saturated carbocycles. The number of benzene rings is 1. The van der Waals surface area contributed by atoms with E-state index < -0.39 is 0 Å². The Morgan fingerprint density at radius 1 is 1.35 bits per heavy atom. The average Bonchev–Trinajstić information content (AvgIpc) is 2.88. The molecule has 0 bridgehead atoms. The summed E-state index contributed by atoms with van der Waals surface area (Å²) >= 11 is 1.44. The average molecular weight is 294 g/mol. The summed E-state index contributed by atoms with van der Waals surface area (Å²) in [6.45, 7) is 3.98. The number of Topliss-reactive ketones (excluding diaryl/α,β-unsaturated/α-hetero) is 1. The van der Waals surface area contributed by atoms with Gasteiger partial charge in [0.2, 0.25) is 5.16 Å². The van der Waals surface area contributed by atoms with Crippen LogP contribution in [-0.2, 0) is 0 Å². The van der Waals surface area contributed by atoms with E-state index in [-0.39, 0.29) is 17.6 Å². The van der Waals surface area contributed by atoms with Crippen molar-refractivity contribution in [2.45, 2.75) is 31.5 Å². The van der Waals surface area contributed by atoms with E-state index >= 15 is 0 Å². The van der Waals surface area contributed by atoms with Crippen molar-refractivity contribution in [3.8, 4) is 0 Å². The minimum absolute atomic E-state index is 0.0129. The monoisotopic (exact) mass is 294 g/mol. The lowest BCUT2D eigenvalue weighted by atomic mass is 10.1. The summed E-state index contributed by atoms with van der Waals surface area (Å²) in [7, 11) is 0. The van der Waals surface area contributed by atoms with Crippen LogP contribution in [0.4, 0.5) is 4.39 Å². The normalized spacial score (nSPS) is 11.0. The predicted octanol–water partition coefficient (Wildman–Crippen LogP) is 2.76. The minimum Gasteiger partial charge on any atom is -0.294 e. The molecule has 1 heterocycles. The smallest absolute Gasteiger partial charge is 0.209 e. The lowest BCUT2D eigenvalue weighted by molar-refractivity contribution is 0.0989. The van der Waals surface area contributed by atoms with Gasteiger partial charge in [0.15, 0.2) is 5.78 Å². The highest BCUT2D eigenvalue weighted by molar-refractivity contribution is 7.99. The topological polar surface area (TPSA) is 60.7 Å². The van der Waals surface area contributed by atoms with Crippen molar-refractivity contribution in [1.29, 1.82) is 0 Å². The molecule has 0 N–H and O–H groups in total. The molecule has 2 rings (SSSR count). The van der Waals surface area contributed by atoms with Crippen LogP contribution < -0.4 is 0 Å². The second kappa shape index (κ2) is 6.60. The number of halogens is 1. The Morgan fingerprint density at radius 3 is 2.70 bits per heavy atom. The summed E-state index contributed by atoms with van der Waals surface area (Å²) in [6.07, 6.45) is 0.362. The van der Waals surface area contributed by atoms with Gasteiger partial charge < -0.3 is 0 Å². The van der Waals surface area contributed by atoms with Gasteiger partial charge in [-0.15, -0.1) is 5.10 Å². The number of hydrogen-bond donors (Lipinski definition) is 0. The summed E-state index contributed by atoms with van der Waals surface area (Å²) in [4.78, 5) is 11.9. The lowest BCUT2D eigenvalue weighted by Gasteiger charge is -2.06. The van der Waals surface area contributed by atoms with E-state index in [9.17, 15) is 9.18 Å². The Bertz CT molecular complexity index is 582. The molecule has 0 saturated heterocycles. The molecule has 0 aliphatic carbocycles. The molecule has 2 aromatic rings. The Morgan fingerprint density at radius 2 is 2.05 bits per heavy atom. The summed E-state index contributed by atoms with van der Waals surface area (Å²) in [5.74, 6) is 0.233. The fraction of sp³-hybridized carbons (Fsp3) is 0.385. The highest BCUT2D eigenvalue weighted by atomic mass is 32.2. The molecule has 20 heavy (non-hydrogen) atoms. The van der Waals surface area contributed by atoms with Crippen LogP contribution in [0.15, 0.2) is 29.4 Å². The van der Waals surface area contributed by atoms with Crippen molar-refractivity contribution in [2.75, 3.05) is 5.75 Å². The summed E-state index contributed by atoms with van der Waals surface area (Å²) < 4.78 is 14.5. The van der Waals surface area contributed by atoms with Crippen molar-refractivity contribution in [3.63, 3.8) is 0 Å². The van der Waals surface area contributed by atoms with Crippen molar-refractivity contribution in [3.05, 3.63) is 35.6 Å². The molecule has 0 spiro atoms. The van der Waals surface area contributed by atoms with Gasteiger partial charge in [0.1, 0.15) is 5.82 Å². The number of carbonyl (C=O) groups excluding carboxylic acids is 1. The van der Waals surface area contributed by atoms with Crippen LogP contribution >= 0.6 is 11.8 Å². The van der Waals surface area contributed by atoms with Crippen LogP contribution in [0.25, 0.3) is 0 Å². The van der Waals surface area contributed by atoms with Crippen LogP contribution in [0.1, 0.15) is 36.7 Å². The number of carbonyl (C=O) groups is 1. The van der Waals surface area contributed by atoms with E-state index in [0.29, 0.717) is 22.9 Å². The zero-order valence-electron chi connectivity index (χ0n) is 11.3. The SMILES string of the molecule is CC(C)n1nnnc1SCCC(=O)c1ccc(F)cc1. The number of rotatable bonds is 6. The van der Waals surface area contributed by atoms with Crippen LogP contribution in [0, 0.1) is 5.82 Å². The molecule has 5 nitrogen and oxygen atoms in total. The number of thioether (sulfide) groups is 1. The number of ketones is 1. The maximum atomic E-state index is 12.8. The second-order valence-corrected chi connectivity index (χ2v) is 5.59. The number of hydrogen-bond acceptors (Lipinski definition) is 5. The van der Waals surface area contributed by atoms with E-state index in [1.165, 1.54) is 36.0 Å². The summed E-state index contributed by atoms with van der Waals surface area (Å²) in [6, 6.07) is 5.76. The van der Waals surface area contributed by atoms with Crippen LogP contribution in [0.2, 0.25) is 0 Å². The van der Waals surface area contributed by atoms with Crippen molar-refractivity contribution in [1.82, 2.24) is 20.2 Å². The first-order valence-electron chi connectivity index (χ1n) is 6.27. The Labute approximate surface area is 120 Å². The maximum absolute atomic E-state index is 12.8. The van der Waals surface area contributed by atoms with E-state index in [0.717, 1.165) is 0 Å². The lowest BCUT2D eigenvalue weighted by Crippen LogP contribution is -2.06. The molecule has 0 unspecified atom stereocenters. The quantitative estimate of drug-likeness (QED) is 0.605. The van der Waals surface area contributed by atoms with Gasteiger partial charge in [-0.25, -0.2) is 9.07 Å². The zero-order valence-corrected chi connectivity index (χ0v) is 12.1. The van der Waals surface area contributed by atoms with Gasteiger partial charge in [-0.2, -0.15) is 0 Å². The van der Waals surface area contributed by atoms with Gasteiger partial charge in [-0.3, -0.25) is 4.79 Å². The van der Waals surface area contributed by atoms with Gasteiger partial charge in [-0.05, 0) is 48.5 Å². The first-order valence-corrected chi connectivity index (χ1v) is 7.26. The molecular weight excluding hydrogens is 279 g/mol. The van der Waals surface area contributed by atoms with Crippen molar-refractivity contribution in [2.24, 2.45) is 0 Å². The van der Waals surface area contributed by atoms with Gasteiger partial charge in [0.05, 0.1) is 6.04 Å². The molecule has 0 aliphatic rings. The third-order valence-electron chi connectivity index (χ3n) is 2.68. The third kappa shape index (κ3) is 3.63. The predicted molar refractivity (Wildman–Crippen MR) is 74.3 cm³/mol. The molecule has 1 aromatic heterocycles. The number of tetrazole rings is 1. The summed E-state index contributed by atoms with van der Waals surface area (Å²) in [5.41, 5.74) is 0.524. The third-order valence-corrected chi connectivity index (χ3v) is 3.61. The van der Waals surface area contributed by atoms with Crippen LogP contribution in [-0.4, -0.2) is 31.7 Å². The molecule has 0 fully saturated rings. The molecule has 0 aliphatic heterocycles. The molecule has 7 heteroatoms. The van der Waals surface area contributed by atoms with E-state index in [4.69, 9.17) is 0 Å². The molecule has 0 amide bonds. The first-order chi connectivity index (χ1) is 9.58. The van der Waals surface area contributed by atoms with E-state index in [1.807, 2.05) is 13.8 Å². The second-order valence-electron chi connectivity index (χ2n) is 4.53. The minimum atomic E-state index is -0.341. The van der Waals surface area contributed by atoms with Gasteiger partial charge in [0.25, 0.3) is 0 Å². The Kier molecular flexibility index (Phi) is 4.84. The molecule has 0 atom stereocenters. The Balaban J connectivity index is 1.88. The highest BCUT2D eigenvalue weighted by Crippen LogP contribution is 2.19. The Hall–Kier alpha value is -1.76. The standard InChI is InChI=1S/C13H15FN4OS/c1-9(2)18-13(15-16-17-18)20-8-7-12(19)10-3-5-11(14)6-4-10/h3-6,9H,7-8H2,1-2H3. The van der Waals surface area contributed by atoms with Gasteiger partial charge >= 0.3 is 0 Å². The molecule has 0 radical (unpaired) electrons. The largest absolute Gasteiger partial charge is 0.294 e. The first kappa shape index (κ1) is 14.6. The zero-order chi connectivity index (χ0) is 14.5. The molecule has 106 valence electrons. The number of nitrogens with zero attached hydrogens (tertiary/aromatic N) is 4. The van der Waals surface area contributed by atoms with Crippen LogP contribution in [0.3, 0.4) is 0 Å². The van der Waals surface area contributed by atoms with Crippen molar-refractivity contribution >= 4 is 17.5 Å². The fourth-order valence-electron chi connectivity index (χ4n) is 1.62. The number of aromatic nitrogens is 4. The van der Waals surface area contributed by atoms with Crippen LogP contribution in [0.5, 0.6) is 0 Å². The van der Waals surface area contributed by atoms with Gasteiger partial charge in [-0.1, -0.05) is 11.8 Å². The fourth-order valence-corrected chi connectivity index (χ4v) is 2.56. The van der Waals surface area contributed by atoms with E-state index in [2.05, 4.69) is 15.5 Å².